The van der Waals surface area contributed by atoms with Crippen LogP contribution in [-0.2, 0) is 10.9 Å². The molecule has 7 nitrogen and oxygen atoms in total. The number of hydrazone groups is 1. The monoisotopic (exact) mass is 408 g/mol. The van der Waals surface area contributed by atoms with Crippen LogP contribution in [0.4, 0.5) is 30.2 Å². The molecule has 1 fully saturated rings. The lowest BCUT2D eigenvalue weighted by Gasteiger charge is -2.29. The van der Waals surface area contributed by atoms with Gasteiger partial charge in [0.1, 0.15) is 5.69 Å². The van der Waals surface area contributed by atoms with E-state index in [1.165, 1.54) is 6.21 Å². The van der Waals surface area contributed by atoms with E-state index in [4.69, 9.17) is 4.74 Å². The molecule has 29 heavy (non-hydrogen) atoms. The number of aryl methyl sites for hydroxylation is 1. The van der Waals surface area contributed by atoms with E-state index >= 15 is 0 Å². The van der Waals surface area contributed by atoms with Crippen molar-refractivity contribution >= 4 is 23.3 Å². The molecule has 0 aromatic heterocycles. The zero-order valence-electron chi connectivity index (χ0n) is 15.6. The second-order valence-corrected chi connectivity index (χ2v) is 6.50. The third-order valence-corrected chi connectivity index (χ3v) is 4.54. The Labute approximate surface area is 164 Å². The fourth-order valence-corrected chi connectivity index (χ4v) is 2.95. The van der Waals surface area contributed by atoms with Gasteiger partial charge in [0, 0.05) is 24.8 Å². The fraction of sp³-hybridized carbons (Fsp3) is 0.316. The number of nitrogens with one attached hydrogen (secondary N) is 1. The zero-order valence-corrected chi connectivity index (χ0v) is 15.6. The largest absolute Gasteiger partial charge is 0.416 e. The molecule has 1 heterocycles. The molecule has 0 aliphatic carbocycles. The molecule has 1 N–H and O–H groups in total. The van der Waals surface area contributed by atoms with Crippen LogP contribution in [-0.4, -0.2) is 37.4 Å². The summed E-state index contributed by atoms with van der Waals surface area (Å²) in [4.78, 5) is 12.4. The molecule has 1 aliphatic rings. The van der Waals surface area contributed by atoms with Crippen molar-refractivity contribution in [3.63, 3.8) is 0 Å². The summed E-state index contributed by atoms with van der Waals surface area (Å²) in [5, 5.41) is 15.1. The predicted octanol–water partition coefficient (Wildman–Crippen LogP) is 4.20. The first-order chi connectivity index (χ1) is 13.8. The zero-order chi connectivity index (χ0) is 21.0. The summed E-state index contributed by atoms with van der Waals surface area (Å²) in [6.45, 7) is 4.89. The first kappa shape index (κ1) is 20.6. The number of halogens is 3. The van der Waals surface area contributed by atoms with Crippen molar-refractivity contribution in [1.82, 2.24) is 0 Å². The van der Waals surface area contributed by atoms with E-state index in [1.807, 2.05) is 25.1 Å². The molecule has 0 radical (unpaired) electrons. The highest BCUT2D eigenvalue weighted by Crippen LogP contribution is 2.35. The number of nitro benzene ring substituents is 1. The van der Waals surface area contributed by atoms with Gasteiger partial charge in [-0.1, -0.05) is 6.07 Å². The number of hydrogen-bond acceptors (Lipinski definition) is 6. The van der Waals surface area contributed by atoms with Crippen molar-refractivity contribution in [1.29, 1.82) is 0 Å². The average molecular weight is 408 g/mol. The SMILES string of the molecule is Cc1cc(N2CCOCC2)ccc1/C=N/Nc1ccc(C(F)(F)F)cc1[N+](=O)[O-]. The number of alkyl halides is 3. The number of anilines is 2. The van der Waals surface area contributed by atoms with Gasteiger partial charge in [0.25, 0.3) is 5.69 Å². The van der Waals surface area contributed by atoms with Crippen LogP contribution in [0.1, 0.15) is 16.7 Å². The summed E-state index contributed by atoms with van der Waals surface area (Å²) < 4.78 is 43.6. The normalized spacial score (nSPS) is 15.0. The summed E-state index contributed by atoms with van der Waals surface area (Å²) in [5.74, 6) is 0. The molecule has 0 amide bonds. The van der Waals surface area contributed by atoms with E-state index in [2.05, 4.69) is 15.4 Å². The lowest BCUT2D eigenvalue weighted by molar-refractivity contribution is -0.384. The Balaban J connectivity index is 1.75. The quantitative estimate of drug-likeness (QED) is 0.456. The molecule has 0 saturated carbocycles. The van der Waals surface area contributed by atoms with Gasteiger partial charge in [0.15, 0.2) is 0 Å². The minimum Gasteiger partial charge on any atom is -0.378 e. The minimum absolute atomic E-state index is 0.123. The van der Waals surface area contributed by atoms with E-state index in [9.17, 15) is 23.3 Å². The summed E-state index contributed by atoms with van der Waals surface area (Å²) in [6.07, 6.45) is -3.19. The molecule has 2 aromatic carbocycles. The molecule has 3 rings (SSSR count). The van der Waals surface area contributed by atoms with E-state index in [0.29, 0.717) is 19.3 Å². The topological polar surface area (TPSA) is 80.0 Å². The summed E-state index contributed by atoms with van der Waals surface area (Å²) in [7, 11) is 0. The highest BCUT2D eigenvalue weighted by molar-refractivity contribution is 5.83. The number of rotatable bonds is 5. The van der Waals surface area contributed by atoms with Crippen LogP contribution < -0.4 is 10.3 Å². The van der Waals surface area contributed by atoms with Crippen molar-refractivity contribution in [2.45, 2.75) is 13.1 Å². The molecule has 2 aromatic rings. The Morgan fingerprint density at radius 1 is 1.21 bits per heavy atom. The van der Waals surface area contributed by atoms with Gasteiger partial charge in [0.05, 0.1) is 29.9 Å². The Hall–Kier alpha value is -3.14. The molecule has 1 saturated heterocycles. The van der Waals surface area contributed by atoms with E-state index < -0.39 is 22.4 Å². The highest BCUT2D eigenvalue weighted by atomic mass is 19.4. The van der Waals surface area contributed by atoms with E-state index in [-0.39, 0.29) is 5.69 Å². The van der Waals surface area contributed by atoms with Gasteiger partial charge in [-0.05, 0) is 42.3 Å². The van der Waals surface area contributed by atoms with Gasteiger partial charge >= 0.3 is 6.18 Å². The molecular weight excluding hydrogens is 389 g/mol. The van der Waals surface area contributed by atoms with Crippen molar-refractivity contribution in [3.05, 3.63) is 63.2 Å². The molecule has 154 valence electrons. The van der Waals surface area contributed by atoms with Gasteiger partial charge < -0.3 is 9.64 Å². The lowest BCUT2D eigenvalue weighted by Crippen LogP contribution is -2.36. The van der Waals surface area contributed by atoms with Crippen LogP contribution >= 0.6 is 0 Å². The Morgan fingerprint density at radius 3 is 2.55 bits per heavy atom. The van der Waals surface area contributed by atoms with Gasteiger partial charge in [0.2, 0.25) is 0 Å². The minimum atomic E-state index is -4.66. The van der Waals surface area contributed by atoms with Crippen molar-refractivity contribution < 1.29 is 22.8 Å². The van der Waals surface area contributed by atoms with Crippen LogP contribution in [0.25, 0.3) is 0 Å². The molecule has 0 spiro atoms. The lowest BCUT2D eigenvalue weighted by atomic mass is 10.1. The second-order valence-electron chi connectivity index (χ2n) is 6.50. The average Bonchev–Trinajstić information content (AvgIpc) is 2.69. The highest BCUT2D eigenvalue weighted by Gasteiger charge is 2.33. The number of nitro groups is 1. The van der Waals surface area contributed by atoms with Crippen LogP contribution in [0, 0.1) is 17.0 Å². The molecule has 0 bridgehead atoms. The predicted molar refractivity (Wildman–Crippen MR) is 104 cm³/mol. The Bertz CT molecular complexity index is 925. The first-order valence-corrected chi connectivity index (χ1v) is 8.84. The molecular formula is C19H19F3N4O3. The van der Waals surface area contributed by atoms with Crippen LogP contribution in [0.5, 0.6) is 0 Å². The molecule has 10 heteroatoms. The second kappa shape index (κ2) is 8.48. The number of benzene rings is 2. The molecule has 1 aliphatic heterocycles. The van der Waals surface area contributed by atoms with Crippen molar-refractivity contribution in [2.75, 3.05) is 36.6 Å². The number of morpholine rings is 1. The van der Waals surface area contributed by atoms with Crippen LogP contribution in [0.2, 0.25) is 0 Å². The maximum absolute atomic E-state index is 12.8. The van der Waals surface area contributed by atoms with Crippen LogP contribution in [0.15, 0.2) is 41.5 Å². The van der Waals surface area contributed by atoms with E-state index in [1.54, 1.807) is 0 Å². The van der Waals surface area contributed by atoms with Crippen molar-refractivity contribution in [3.8, 4) is 0 Å². The fourth-order valence-electron chi connectivity index (χ4n) is 2.95. The van der Waals surface area contributed by atoms with Gasteiger partial charge in [-0.25, -0.2) is 0 Å². The first-order valence-electron chi connectivity index (χ1n) is 8.84. The number of ether oxygens (including phenoxy) is 1. The number of nitrogens with zero attached hydrogens (tertiary/aromatic N) is 3. The smallest absolute Gasteiger partial charge is 0.378 e. The van der Waals surface area contributed by atoms with Crippen molar-refractivity contribution in [2.24, 2.45) is 5.10 Å². The summed E-state index contributed by atoms with van der Waals surface area (Å²) in [6, 6.07) is 8.07. The standard InChI is InChI=1S/C19H19F3N4O3/c1-13-10-16(25-6-8-29-9-7-25)4-2-14(13)12-23-24-17-5-3-15(19(20,21)22)11-18(17)26(27)28/h2-5,10-12,24H,6-9H2,1H3/b23-12+. The van der Waals surface area contributed by atoms with Crippen LogP contribution in [0.3, 0.4) is 0 Å². The summed E-state index contributed by atoms with van der Waals surface area (Å²) >= 11 is 0. The third kappa shape index (κ3) is 5.02. The summed E-state index contributed by atoms with van der Waals surface area (Å²) in [5.41, 5.74) is 3.34. The van der Waals surface area contributed by atoms with E-state index in [0.717, 1.165) is 42.0 Å². The number of hydrogen-bond donors (Lipinski definition) is 1. The Morgan fingerprint density at radius 2 is 1.93 bits per heavy atom. The maximum atomic E-state index is 12.8. The maximum Gasteiger partial charge on any atom is 0.416 e. The molecule has 0 unspecified atom stereocenters. The van der Waals surface area contributed by atoms with Gasteiger partial charge in [-0.15, -0.1) is 0 Å². The molecule has 0 atom stereocenters. The van der Waals surface area contributed by atoms with Gasteiger partial charge in [-0.3, -0.25) is 15.5 Å². The Kier molecular flexibility index (Phi) is 6.02. The van der Waals surface area contributed by atoms with Gasteiger partial charge in [-0.2, -0.15) is 18.3 Å². The third-order valence-electron chi connectivity index (χ3n) is 4.54.